The lowest BCUT2D eigenvalue weighted by molar-refractivity contribution is -0.118. The molecule has 0 saturated carbocycles. The first kappa shape index (κ1) is 26.0. The summed E-state index contributed by atoms with van der Waals surface area (Å²) in [6.07, 6.45) is 3.17. The second kappa shape index (κ2) is 12.7. The smallest absolute Gasteiger partial charge is 0.262 e. The van der Waals surface area contributed by atoms with E-state index in [4.69, 9.17) is 9.47 Å². The van der Waals surface area contributed by atoms with Gasteiger partial charge in [0, 0.05) is 12.2 Å². The number of aliphatic hydroxyl groups excluding tert-OH is 1. The summed E-state index contributed by atoms with van der Waals surface area (Å²) in [5, 5.41) is 13.2. The fourth-order valence-electron chi connectivity index (χ4n) is 3.97. The van der Waals surface area contributed by atoms with Crippen molar-refractivity contribution in [3.05, 3.63) is 53.1 Å². The van der Waals surface area contributed by atoms with Gasteiger partial charge in [-0.25, -0.2) is 0 Å². The van der Waals surface area contributed by atoms with E-state index in [1.807, 2.05) is 57.2 Å². The molecule has 1 aliphatic rings. The van der Waals surface area contributed by atoms with Gasteiger partial charge in [-0.2, -0.15) is 0 Å². The maximum Gasteiger partial charge on any atom is 0.262 e. The van der Waals surface area contributed by atoms with Crippen LogP contribution in [0.4, 0.5) is 5.69 Å². The van der Waals surface area contributed by atoms with Gasteiger partial charge in [0.1, 0.15) is 24.2 Å². The minimum absolute atomic E-state index is 0. The number of nitrogens with one attached hydrogen (secondary N) is 1. The number of aliphatic hydroxyl groups is 1. The van der Waals surface area contributed by atoms with Gasteiger partial charge in [-0.1, -0.05) is 18.6 Å². The second-order valence-corrected chi connectivity index (χ2v) is 8.42. The van der Waals surface area contributed by atoms with Gasteiger partial charge in [0.15, 0.2) is 6.61 Å². The van der Waals surface area contributed by atoms with Crippen molar-refractivity contribution in [1.82, 2.24) is 4.90 Å². The second-order valence-electron chi connectivity index (χ2n) is 8.42. The molecule has 0 aromatic heterocycles. The zero-order valence-corrected chi connectivity index (χ0v) is 20.0. The van der Waals surface area contributed by atoms with Gasteiger partial charge in [0.2, 0.25) is 0 Å². The zero-order chi connectivity index (χ0) is 22.2. The van der Waals surface area contributed by atoms with Crippen molar-refractivity contribution in [2.45, 2.75) is 46.1 Å². The summed E-state index contributed by atoms with van der Waals surface area (Å²) < 4.78 is 11.5. The molecule has 0 radical (unpaired) electrons. The highest BCUT2D eigenvalue weighted by Gasteiger charge is 2.16. The number of hydrogen-bond acceptors (Lipinski definition) is 5. The number of anilines is 1. The lowest BCUT2D eigenvalue weighted by Crippen LogP contribution is -2.38. The number of amides is 1. The normalized spacial score (nSPS) is 14.9. The van der Waals surface area contributed by atoms with Crippen LogP contribution in [-0.2, 0) is 4.79 Å². The molecule has 176 valence electrons. The van der Waals surface area contributed by atoms with E-state index in [-0.39, 0.29) is 31.5 Å². The summed E-state index contributed by atoms with van der Waals surface area (Å²) in [4.78, 5) is 14.6. The summed E-state index contributed by atoms with van der Waals surface area (Å²) in [5.74, 6) is 1.21. The molecule has 1 atom stereocenters. The number of aryl methyl sites for hydroxylation is 3. The van der Waals surface area contributed by atoms with Gasteiger partial charge in [-0.15, -0.1) is 12.4 Å². The molecule has 1 fully saturated rings. The SMILES string of the molecule is Cc1cccc(OCC(=O)Nc2cc(C)c(OCC(O)CN3CCCCC3)c(C)c2)c1.Cl. The third-order valence-corrected chi connectivity index (χ3v) is 5.44. The Balaban J connectivity index is 0.00000363. The van der Waals surface area contributed by atoms with Crippen LogP contribution < -0.4 is 14.8 Å². The summed E-state index contributed by atoms with van der Waals surface area (Å²) in [5.41, 5.74) is 3.62. The Morgan fingerprint density at radius 3 is 2.41 bits per heavy atom. The van der Waals surface area contributed by atoms with Crippen LogP contribution in [0.3, 0.4) is 0 Å². The van der Waals surface area contributed by atoms with E-state index in [9.17, 15) is 9.90 Å². The van der Waals surface area contributed by atoms with E-state index in [1.165, 1.54) is 19.3 Å². The molecule has 2 aromatic rings. The van der Waals surface area contributed by atoms with Crippen LogP contribution in [0, 0.1) is 20.8 Å². The predicted octanol–water partition coefficient (Wildman–Crippen LogP) is 4.28. The van der Waals surface area contributed by atoms with Crippen LogP contribution in [-0.4, -0.2) is 54.9 Å². The molecule has 32 heavy (non-hydrogen) atoms. The van der Waals surface area contributed by atoms with E-state index in [2.05, 4.69) is 10.2 Å². The maximum absolute atomic E-state index is 12.3. The van der Waals surface area contributed by atoms with Gasteiger partial charge < -0.3 is 24.8 Å². The van der Waals surface area contributed by atoms with E-state index in [0.717, 1.165) is 35.5 Å². The Kier molecular flexibility index (Phi) is 10.3. The van der Waals surface area contributed by atoms with Gasteiger partial charge in [-0.05, 0) is 87.7 Å². The molecule has 7 heteroatoms. The van der Waals surface area contributed by atoms with E-state index in [1.54, 1.807) is 0 Å². The van der Waals surface area contributed by atoms with Crippen molar-refractivity contribution in [1.29, 1.82) is 0 Å². The number of nitrogens with zero attached hydrogens (tertiary/aromatic N) is 1. The lowest BCUT2D eigenvalue weighted by atomic mass is 10.1. The van der Waals surface area contributed by atoms with E-state index < -0.39 is 6.10 Å². The summed E-state index contributed by atoms with van der Waals surface area (Å²) in [6, 6.07) is 11.4. The predicted molar refractivity (Wildman–Crippen MR) is 130 cm³/mol. The Bertz CT molecular complexity index is 861. The number of halogens is 1. The van der Waals surface area contributed by atoms with Crippen LogP contribution >= 0.6 is 12.4 Å². The molecule has 0 spiro atoms. The molecular formula is C25H35ClN2O4. The highest BCUT2D eigenvalue weighted by molar-refractivity contribution is 5.92. The monoisotopic (exact) mass is 462 g/mol. The minimum Gasteiger partial charge on any atom is -0.490 e. The highest BCUT2D eigenvalue weighted by atomic mass is 35.5. The van der Waals surface area contributed by atoms with Crippen molar-refractivity contribution in [2.24, 2.45) is 0 Å². The third kappa shape index (κ3) is 8.01. The fourth-order valence-corrected chi connectivity index (χ4v) is 3.97. The van der Waals surface area contributed by atoms with Crippen molar-refractivity contribution >= 4 is 24.0 Å². The molecule has 6 nitrogen and oxygen atoms in total. The highest BCUT2D eigenvalue weighted by Crippen LogP contribution is 2.27. The minimum atomic E-state index is -0.518. The maximum atomic E-state index is 12.3. The Morgan fingerprint density at radius 2 is 1.75 bits per heavy atom. The topological polar surface area (TPSA) is 71.0 Å². The molecule has 3 rings (SSSR count). The molecule has 0 bridgehead atoms. The van der Waals surface area contributed by atoms with Crippen molar-refractivity contribution < 1.29 is 19.4 Å². The van der Waals surface area contributed by atoms with Crippen molar-refractivity contribution in [2.75, 3.05) is 38.2 Å². The number of piperidine rings is 1. The van der Waals surface area contributed by atoms with Crippen molar-refractivity contribution in [3.63, 3.8) is 0 Å². The number of hydrogen-bond donors (Lipinski definition) is 2. The summed E-state index contributed by atoms with van der Waals surface area (Å²) >= 11 is 0. The van der Waals surface area contributed by atoms with Gasteiger partial charge >= 0.3 is 0 Å². The molecule has 1 heterocycles. The van der Waals surface area contributed by atoms with Gasteiger partial charge in [0.05, 0.1) is 0 Å². The van der Waals surface area contributed by atoms with Crippen LogP contribution in [0.2, 0.25) is 0 Å². The number of likely N-dealkylation sites (tertiary alicyclic amines) is 1. The van der Waals surface area contributed by atoms with Gasteiger partial charge in [-0.3, -0.25) is 4.79 Å². The number of benzene rings is 2. The van der Waals surface area contributed by atoms with Crippen LogP contribution in [0.25, 0.3) is 0 Å². The molecule has 2 aromatic carbocycles. The first-order chi connectivity index (χ1) is 14.9. The molecule has 1 saturated heterocycles. The van der Waals surface area contributed by atoms with Gasteiger partial charge in [0.25, 0.3) is 5.91 Å². The van der Waals surface area contributed by atoms with Crippen LogP contribution in [0.5, 0.6) is 11.5 Å². The molecule has 0 aliphatic carbocycles. The first-order valence-electron chi connectivity index (χ1n) is 11.0. The average Bonchev–Trinajstić information content (AvgIpc) is 2.72. The molecule has 1 unspecified atom stereocenters. The fraction of sp³-hybridized carbons (Fsp3) is 0.480. The number of carbonyl (C=O) groups is 1. The number of carbonyl (C=O) groups excluding carboxylic acids is 1. The number of ether oxygens (including phenoxy) is 2. The molecule has 1 aliphatic heterocycles. The van der Waals surface area contributed by atoms with E-state index in [0.29, 0.717) is 18.0 Å². The number of rotatable bonds is 9. The van der Waals surface area contributed by atoms with Crippen LogP contribution in [0.15, 0.2) is 36.4 Å². The number of β-amino-alcohol motifs (C(OH)–C–C–N with tert-alkyl or cyclic N) is 1. The van der Waals surface area contributed by atoms with E-state index >= 15 is 0 Å². The van der Waals surface area contributed by atoms with Crippen molar-refractivity contribution in [3.8, 4) is 11.5 Å². The summed E-state index contributed by atoms with van der Waals surface area (Å²) in [6.45, 7) is 8.82. The quantitative estimate of drug-likeness (QED) is 0.582. The third-order valence-electron chi connectivity index (χ3n) is 5.44. The Labute approximate surface area is 197 Å². The molecular weight excluding hydrogens is 428 g/mol. The Morgan fingerprint density at radius 1 is 1.06 bits per heavy atom. The lowest BCUT2D eigenvalue weighted by Gasteiger charge is -2.28. The largest absolute Gasteiger partial charge is 0.490 e. The first-order valence-corrected chi connectivity index (χ1v) is 11.0. The van der Waals surface area contributed by atoms with Crippen LogP contribution in [0.1, 0.15) is 36.0 Å². The molecule has 2 N–H and O–H groups in total. The zero-order valence-electron chi connectivity index (χ0n) is 19.2. The molecule has 1 amide bonds. The Hall–Kier alpha value is -2.28. The average molecular weight is 463 g/mol. The summed E-state index contributed by atoms with van der Waals surface area (Å²) in [7, 11) is 0. The standard InChI is InChI=1S/C25H34N2O4.ClH/c1-18-8-7-9-23(12-18)30-17-24(29)26-21-13-19(2)25(20(3)14-21)31-16-22(28)15-27-10-5-4-6-11-27;/h7-9,12-14,22,28H,4-6,10-11,15-17H2,1-3H3,(H,26,29);1H.